The molecule has 0 fully saturated rings. The Balaban J connectivity index is 1.81. The number of aryl methyl sites for hydroxylation is 3. The summed E-state index contributed by atoms with van der Waals surface area (Å²) in [5.41, 5.74) is 3.62. The summed E-state index contributed by atoms with van der Waals surface area (Å²) >= 11 is 2.92. The van der Waals surface area contributed by atoms with Gasteiger partial charge in [0, 0.05) is 10.4 Å². The van der Waals surface area contributed by atoms with E-state index >= 15 is 0 Å². The van der Waals surface area contributed by atoms with Crippen LogP contribution in [0, 0.1) is 6.92 Å². The lowest BCUT2D eigenvalue weighted by atomic mass is 10.1. The second-order valence-electron chi connectivity index (χ2n) is 7.71. The fraction of sp³-hybridized carbons (Fsp3) is 0.269. The molecule has 6 heteroatoms. The number of aromatic nitrogens is 2. The number of nitrogens with zero attached hydrogens (tertiary/aromatic N) is 2. The summed E-state index contributed by atoms with van der Waals surface area (Å²) in [4.78, 5) is 33.2. The first kappa shape index (κ1) is 22.5. The first-order valence-corrected chi connectivity index (χ1v) is 12.7. The maximum Gasteiger partial charge on any atom is 0.267 e. The highest BCUT2D eigenvalue weighted by molar-refractivity contribution is 7.99. The van der Waals surface area contributed by atoms with Gasteiger partial charge in [0.05, 0.1) is 16.8 Å². The van der Waals surface area contributed by atoms with Gasteiger partial charge >= 0.3 is 0 Å². The topological polar surface area (TPSA) is 52.0 Å². The molecule has 0 atom stereocenters. The molecule has 0 spiro atoms. The van der Waals surface area contributed by atoms with E-state index in [4.69, 9.17) is 4.98 Å². The minimum Gasteiger partial charge on any atom is -0.293 e. The Labute approximate surface area is 196 Å². The molecule has 0 aliphatic rings. The van der Waals surface area contributed by atoms with Crippen molar-refractivity contribution in [1.29, 1.82) is 0 Å². The number of benzene rings is 2. The Kier molecular flexibility index (Phi) is 6.92. The number of ketones is 1. The summed E-state index contributed by atoms with van der Waals surface area (Å²) in [6.45, 7) is 6.26. The lowest BCUT2D eigenvalue weighted by Gasteiger charge is -2.12. The molecule has 0 aliphatic heterocycles. The maximum absolute atomic E-state index is 13.7. The summed E-state index contributed by atoms with van der Waals surface area (Å²) < 4.78 is 1.67. The van der Waals surface area contributed by atoms with Gasteiger partial charge in [0.25, 0.3) is 5.56 Å². The number of hydrogen-bond acceptors (Lipinski definition) is 5. The van der Waals surface area contributed by atoms with E-state index in [1.54, 1.807) is 15.9 Å². The molecule has 2 aromatic carbocycles. The fourth-order valence-corrected chi connectivity index (χ4v) is 5.95. The van der Waals surface area contributed by atoms with Crippen molar-refractivity contribution in [3.63, 3.8) is 0 Å². The number of thioether (sulfide) groups is 1. The SMILES string of the molecule is CCCc1sc2nc(SCC(=O)c3ccccc3)n(-c3ccc(CC)cc3)c(=O)c2c1C. The van der Waals surface area contributed by atoms with Crippen LogP contribution in [0.3, 0.4) is 0 Å². The zero-order valence-electron chi connectivity index (χ0n) is 18.6. The molecular weight excluding hydrogens is 436 g/mol. The summed E-state index contributed by atoms with van der Waals surface area (Å²) in [5.74, 6) is 0.244. The summed E-state index contributed by atoms with van der Waals surface area (Å²) in [7, 11) is 0. The first-order valence-electron chi connectivity index (χ1n) is 10.9. The van der Waals surface area contributed by atoms with Crippen LogP contribution in [0.5, 0.6) is 0 Å². The van der Waals surface area contributed by atoms with Gasteiger partial charge in [0.2, 0.25) is 0 Å². The number of rotatable bonds is 8. The van der Waals surface area contributed by atoms with Crippen molar-refractivity contribution in [1.82, 2.24) is 9.55 Å². The number of thiophene rings is 1. The average molecular weight is 463 g/mol. The lowest BCUT2D eigenvalue weighted by molar-refractivity contribution is 0.102. The lowest BCUT2D eigenvalue weighted by Crippen LogP contribution is -2.22. The fourth-order valence-electron chi connectivity index (χ4n) is 3.72. The molecule has 4 nitrogen and oxygen atoms in total. The molecule has 164 valence electrons. The number of Topliss-reactive ketones (excluding diaryl/α,β-unsaturated/α-hetero) is 1. The van der Waals surface area contributed by atoms with E-state index in [0.717, 1.165) is 35.3 Å². The summed E-state index contributed by atoms with van der Waals surface area (Å²) in [6.07, 6.45) is 2.89. The highest BCUT2D eigenvalue weighted by Crippen LogP contribution is 2.31. The van der Waals surface area contributed by atoms with Crippen LogP contribution < -0.4 is 5.56 Å². The number of hydrogen-bond donors (Lipinski definition) is 0. The normalized spacial score (nSPS) is 11.2. The molecule has 0 N–H and O–H groups in total. The molecule has 2 aromatic heterocycles. The van der Waals surface area contributed by atoms with E-state index in [2.05, 4.69) is 13.8 Å². The van der Waals surface area contributed by atoms with Crippen LogP contribution in [0.1, 0.15) is 46.6 Å². The largest absolute Gasteiger partial charge is 0.293 e. The van der Waals surface area contributed by atoms with Gasteiger partial charge in [-0.25, -0.2) is 4.98 Å². The van der Waals surface area contributed by atoms with Gasteiger partial charge in [-0.05, 0) is 43.0 Å². The third-order valence-electron chi connectivity index (χ3n) is 5.54. The van der Waals surface area contributed by atoms with Gasteiger partial charge in [-0.3, -0.25) is 14.2 Å². The molecule has 0 radical (unpaired) electrons. The average Bonchev–Trinajstić information content (AvgIpc) is 3.13. The third kappa shape index (κ3) is 4.43. The standard InChI is InChI=1S/C26H26N2O2S2/c1-4-9-22-17(3)23-24(32-22)27-26(31-16-21(29)19-10-7-6-8-11-19)28(25(23)30)20-14-12-18(5-2)13-15-20/h6-8,10-15H,4-5,9,16H2,1-3H3. The molecule has 0 saturated heterocycles. The van der Waals surface area contributed by atoms with Crippen molar-refractivity contribution in [2.75, 3.05) is 5.75 Å². The van der Waals surface area contributed by atoms with Crippen LogP contribution in [-0.2, 0) is 12.8 Å². The van der Waals surface area contributed by atoms with Crippen LogP contribution in [0.25, 0.3) is 15.9 Å². The highest BCUT2D eigenvalue weighted by Gasteiger charge is 2.20. The number of carbonyl (C=O) groups excluding carboxylic acids is 1. The highest BCUT2D eigenvalue weighted by atomic mass is 32.2. The van der Waals surface area contributed by atoms with Crippen molar-refractivity contribution < 1.29 is 4.79 Å². The summed E-state index contributed by atoms with van der Waals surface area (Å²) in [6, 6.07) is 17.2. The third-order valence-corrected chi connectivity index (χ3v) is 7.72. The van der Waals surface area contributed by atoms with Gasteiger partial charge in [-0.15, -0.1) is 11.3 Å². The molecule has 0 amide bonds. The zero-order valence-corrected chi connectivity index (χ0v) is 20.2. The van der Waals surface area contributed by atoms with Crippen LogP contribution in [0.15, 0.2) is 64.5 Å². The van der Waals surface area contributed by atoms with Crippen molar-refractivity contribution in [3.05, 3.63) is 86.5 Å². The van der Waals surface area contributed by atoms with E-state index in [-0.39, 0.29) is 17.1 Å². The predicted molar refractivity (Wildman–Crippen MR) is 135 cm³/mol. The molecule has 2 heterocycles. The Morgan fingerprint density at radius 2 is 1.78 bits per heavy atom. The quantitative estimate of drug-likeness (QED) is 0.177. The molecule has 0 aliphatic carbocycles. The molecule has 0 unspecified atom stereocenters. The Hall–Kier alpha value is -2.70. The van der Waals surface area contributed by atoms with Crippen molar-refractivity contribution >= 4 is 39.1 Å². The van der Waals surface area contributed by atoms with Gasteiger partial charge in [0.15, 0.2) is 10.9 Å². The molecule has 32 heavy (non-hydrogen) atoms. The monoisotopic (exact) mass is 462 g/mol. The van der Waals surface area contributed by atoms with Crippen LogP contribution in [-0.4, -0.2) is 21.1 Å². The second kappa shape index (κ2) is 9.84. The first-order chi connectivity index (χ1) is 15.5. The maximum atomic E-state index is 13.7. The Morgan fingerprint density at radius 1 is 1.06 bits per heavy atom. The van der Waals surface area contributed by atoms with E-state index in [9.17, 15) is 9.59 Å². The molecular formula is C26H26N2O2S2. The van der Waals surface area contributed by atoms with Crippen LogP contribution in [0.2, 0.25) is 0 Å². The number of fused-ring (bicyclic) bond motifs is 1. The van der Waals surface area contributed by atoms with E-state index in [1.807, 2.05) is 61.5 Å². The smallest absolute Gasteiger partial charge is 0.267 e. The molecule has 0 saturated carbocycles. The van der Waals surface area contributed by atoms with Gasteiger partial charge < -0.3 is 0 Å². The molecule has 0 bridgehead atoms. The second-order valence-corrected chi connectivity index (χ2v) is 9.74. The minimum atomic E-state index is -0.0648. The zero-order chi connectivity index (χ0) is 22.7. The van der Waals surface area contributed by atoms with Crippen molar-refractivity contribution in [2.24, 2.45) is 0 Å². The van der Waals surface area contributed by atoms with Gasteiger partial charge in [0.1, 0.15) is 4.83 Å². The molecule has 4 aromatic rings. The van der Waals surface area contributed by atoms with Crippen LogP contribution >= 0.6 is 23.1 Å². The Bertz CT molecular complexity index is 1310. The predicted octanol–water partition coefficient (Wildman–Crippen LogP) is 6.25. The Morgan fingerprint density at radius 3 is 2.44 bits per heavy atom. The van der Waals surface area contributed by atoms with Crippen LogP contribution in [0.4, 0.5) is 0 Å². The van der Waals surface area contributed by atoms with E-state index in [1.165, 1.54) is 22.2 Å². The van der Waals surface area contributed by atoms with Gasteiger partial charge in [-0.2, -0.15) is 0 Å². The van der Waals surface area contributed by atoms with E-state index in [0.29, 0.717) is 16.1 Å². The van der Waals surface area contributed by atoms with E-state index < -0.39 is 0 Å². The van der Waals surface area contributed by atoms with Gasteiger partial charge in [-0.1, -0.05) is 74.5 Å². The van der Waals surface area contributed by atoms with Crippen molar-refractivity contribution in [3.8, 4) is 5.69 Å². The summed E-state index contributed by atoms with van der Waals surface area (Å²) in [5, 5.41) is 1.25. The molecule has 4 rings (SSSR count). The van der Waals surface area contributed by atoms with Crippen molar-refractivity contribution in [2.45, 2.75) is 45.2 Å². The number of carbonyl (C=O) groups is 1. The minimum absolute atomic E-state index is 0.0202.